The molecule has 0 atom stereocenters. The van der Waals surface area contributed by atoms with Gasteiger partial charge in [0.15, 0.2) is 0 Å². The molecule has 0 saturated carbocycles. The number of amides is 1. The van der Waals surface area contributed by atoms with Crippen molar-refractivity contribution >= 4 is 5.91 Å². The van der Waals surface area contributed by atoms with Crippen LogP contribution in [0, 0.1) is 0 Å². The summed E-state index contributed by atoms with van der Waals surface area (Å²) in [5, 5.41) is 0. The van der Waals surface area contributed by atoms with Crippen molar-refractivity contribution in [3.05, 3.63) is 11.6 Å². The van der Waals surface area contributed by atoms with Crippen LogP contribution in [0.1, 0.15) is 19.3 Å². The van der Waals surface area contributed by atoms with Gasteiger partial charge in [0.1, 0.15) is 0 Å². The molecule has 0 aromatic heterocycles. The second kappa shape index (κ2) is 3.92. The first-order chi connectivity index (χ1) is 6.38. The highest BCUT2D eigenvalue weighted by Crippen LogP contribution is 2.19. The molecule has 2 rings (SSSR count). The van der Waals surface area contributed by atoms with Gasteiger partial charge in [0.2, 0.25) is 5.91 Å². The maximum atomic E-state index is 11.8. The first-order valence-corrected chi connectivity index (χ1v) is 4.94. The first-order valence-electron chi connectivity index (χ1n) is 4.94. The van der Waals surface area contributed by atoms with Gasteiger partial charge in [-0.3, -0.25) is 4.79 Å². The van der Waals surface area contributed by atoms with E-state index < -0.39 is 0 Å². The standard InChI is InChI=1S/C10H15NO2/c12-10(9-3-1-2-4-9)11-5-7-13-8-6-11/h3H,1-2,4-8H2. The Hall–Kier alpha value is -0.830. The van der Waals surface area contributed by atoms with Crippen molar-refractivity contribution in [2.75, 3.05) is 26.3 Å². The molecule has 0 aromatic rings. The highest BCUT2D eigenvalue weighted by Gasteiger charge is 2.21. The van der Waals surface area contributed by atoms with E-state index in [2.05, 4.69) is 6.08 Å². The average Bonchev–Trinajstić information content (AvgIpc) is 2.71. The quantitative estimate of drug-likeness (QED) is 0.603. The minimum Gasteiger partial charge on any atom is -0.378 e. The third kappa shape index (κ3) is 1.91. The maximum Gasteiger partial charge on any atom is 0.249 e. The lowest BCUT2D eigenvalue weighted by Crippen LogP contribution is -2.41. The number of morpholine rings is 1. The number of rotatable bonds is 1. The minimum absolute atomic E-state index is 0.237. The summed E-state index contributed by atoms with van der Waals surface area (Å²) in [6.07, 6.45) is 5.27. The normalized spacial score (nSPS) is 23.1. The fourth-order valence-electron chi connectivity index (χ4n) is 1.83. The van der Waals surface area contributed by atoms with E-state index in [0.29, 0.717) is 13.2 Å². The Morgan fingerprint density at radius 3 is 2.77 bits per heavy atom. The molecular formula is C10H15NO2. The summed E-state index contributed by atoms with van der Waals surface area (Å²) in [6, 6.07) is 0. The van der Waals surface area contributed by atoms with Crippen LogP contribution in [0.25, 0.3) is 0 Å². The lowest BCUT2D eigenvalue weighted by Gasteiger charge is -2.27. The van der Waals surface area contributed by atoms with E-state index in [1.165, 1.54) is 0 Å². The Morgan fingerprint density at radius 2 is 2.15 bits per heavy atom. The second-order valence-electron chi connectivity index (χ2n) is 3.53. The molecule has 1 amide bonds. The monoisotopic (exact) mass is 181 g/mol. The van der Waals surface area contributed by atoms with E-state index >= 15 is 0 Å². The van der Waals surface area contributed by atoms with E-state index in [-0.39, 0.29) is 5.91 Å². The molecule has 0 aromatic carbocycles. The van der Waals surface area contributed by atoms with Crippen LogP contribution in [0.4, 0.5) is 0 Å². The highest BCUT2D eigenvalue weighted by atomic mass is 16.5. The number of ether oxygens (including phenoxy) is 1. The number of carbonyl (C=O) groups is 1. The number of hydrogen-bond donors (Lipinski definition) is 0. The molecule has 3 nitrogen and oxygen atoms in total. The largest absolute Gasteiger partial charge is 0.378 e. The van der Waals surface area contributed by atoms with Gasteiger partial charge in [-0.25, -0.2) is 0 Å². The lowest BCUT2D eigenvalue weighted by molar-refractivity contribution is -0.131. The number of nitrogens with zero attached hydrogens (tertiary/aromatic N) is 1. The number of hydrogen-bond acceptors (Lipinski definition) is 2. The third-order valence-corrected chi connectivity index (χ3v) is 2.61. The van der Waals surface area contributed by atoms with Gasteiger partial charge in [0.25, 0.3) is 0 Å². The molecule has 1 saturated heterocycles. The van der Waals surface area contributed by atoms with Gasteiger partial charge in [-0.05, 0) is 19.3 Å². The molecule has 13 heavy (non-hydrogen) atoms. The van der Waals surface area contributed by atoms with E-state index in [1.54, 1.807) is 0 Å². The molecular weight excluding hydrogens is 166 g/mol. The van der Waals surface area contributed by atoms with Crippen LogP contribution in [0.3, 0.4) is 0 Å². The van der Waals surface area contributed by atoms with Gasteiger partial charge in [0, 0.05) is 18.7 Å². The smallest absolute Gasteiger partial charge is 0.249 e. The Balaban J connectivity index is 1.94. The Kier molecular flexibility index (Phi) is 2.64. The molecule has 72 valence electrons. The summed E-state index contributed by atoms with van der Waals surface area (Å²) >= 11 is 0. The molecule has 0 spiro atoms. The molecule has 0 bridgehead atoms. The van der Waals surface area contributed by atoms with E-state index in [0.717, 1.165) is 37.9 Å². The number of carbonyl (C=O) groups excluding carboxylic acids is 1. The van der Waals surface area contributed by atoms with Crippen LogP contribution in [0.2, 0.25) is 0 Å². The zero-order valence-electron chi connectivity index (χ0n) is 7.79. The zero-order valence-corrected chi connectivity index (χ0v) is 7.79. The molecule has 0 N–H and O–H groups in total. The Morgan fingerprint density at radius 1 is 1.38 bits per heavy atom. The van der Waals surface area contributed by atoms with Gasteiger partial charge in [-0.15, -0.1) is 0 Å². The van der Waals surface area contributed by atoms with Crippen LogP contribution in [-0.2, 0) is 9.53 Å². The van der Waals surface area contributed by atoms with Crippen molar-refractivity contribution in [1.29, 1.82) is 0 Å². The van der Waals surface area contributed by atoms with Gasteiger partial charge in [-0.1, -0.05) is 6.08 Å². The van der Waals surface area contributed by atoms with Crippen molar-refractivity contribution in [3.8, 4) is 0 Å². The van der Waals surface area contributed by atoms with Crippen LogP contribution in [0.15, 0.2) is 11.6 Å². The summed E-state index contributed by atoms with van der Waals surface area (Å²) in [7, 11) is 0. The minimum atomic E-state index is 0.237. The van der Waals surface area contributed by atoms with Gasteiger partial charge in [-0.2, -0.15) is 0 Å². The van der Waals surface area contributed by atoms with Crippen molar-refractivity contribution < 1.29 is 9.53 Å². The topological polar surface area (TPSA) is 29.5 Å². The first kappa shape index (κ1) is 8.75. The summed E-state index contributed by atoms with van der Waals surface area (Å²) < 4.78 is 5.20. The van der Waals surface area contributed by atoms with Crippen molar-refractivity contribution in [2.45, 2.75) is 19.3 Å². The van der Waals surface area contributed by atoms with Crippen LogP contribution >= 0.6 is 0 Å². The second-order valence-corrected chi connectivity index (χ2v) is 3.53. The molecule has 1 fully saturated rings. The van der Waals surface area contributed by atoms with Crippen LogP contribution in [-0.4, -0.2) is 37.1 Å². The lowest BCUT2D eigenvalue weighted by atomic mass is 10.2. The maximum absolute atomic E-state index is 11.8. The molecule has 1 aliphatic heterocycles. The van der Waals surface area contributed by atoms with Crippen molar-refractivity contribution in [2.24, 2.45) is 0 Å². The summed E-state index contributed by atoms with van der Waals surface area (Å²) in [5.74, 6) is 0.237. The Bertz CT molecular complexity index is 229. The fourth-order valence-corrected chi connectivity index (χ4v) is 1.83. The zero-order chi connectivity index (χ0) is 9.10. The molecule has 0 radical (unpaired) electrons. The van der Waals surface area contributed by atoms with E-state index in [4.69, 9.17) is 4.74 Å². The predicted octanol–water partition coefficient (Wildman–Crippen LogP) is 0.956. The van der Waals surface area contributed by atoms with E-state index in [1.807, 2.05) is 4.90 Å². The fraction of sp³-hybridized carbons (Fsp3) is 0.700. The highest BCUT2D eigenvalue weighted by molar-refractivity contribution is 5.93. The van der Waals surface area contributed by atoms with Gasteiger partial charge in [0.05, 0.1) is 13.2 Å². The van der Waals surface area contributed by atoms with E-state index in [9.17, 15) is 4.79 Å². The Labute approximate surface area is 78.4 Å². The number of allylic oxidation sites excluding steroid dienone is 1. The van der Waals surface area contributed by atoms with Crippen LogP contribution < -0.4 is 0 Å². The molecule has 2 aliphatic rings. The van der Waals surface area contributed by atoms with Gasteiger partial charge < -0.3 is 9.64 Å². The summed E-state index contributed by atoms with van der Waals surface area (Å²) in [6.45, 7) is 2.91. The predicted molar refractivity (Wildman–Crippen MR) is 49.3 cm³/mol. The molecule has 0 unspecified atom stereocenters. The molecule has 1 aliphatic carbocycles. The summed E-state index contributed by atoms with van der Waals surface area (Å²) in [4.78, 5) is 13.7. The third-order valence-electron chi connectivity index (χ3n) is 2.61. The van der Waals surface area contributed by atoms with Crippen molar-refractivity contribution in [3.63, 3.8) is 0 Å². The summed E-state index contributed by atoms with van der Waals surface area (Å²) in [5.41, 5.74) is 1.02. The molecule has 3 heteroatoms. The van der Waals surface area contributed by atoms with Crippen molar-refractivity contribution in [1.82, 2.24) is 4.90 Å². The average molecular weight is 181 g/mol. The van der Waals surface area contributed by atoms with Crippen LogP contribution in [0.5, 0.6) is 0 Å². The molecule has 1 heterocycles. The SMILES string of the molecule is O=C(C1=CCCC1)N1CCOCC1. The van der Waals surface area contributed by atoms with Gasteiger partial charge >= 0.3 is 0 Å².